The highest BCUT2D eigenvalue weighted by molar-refractivity contribution is 6.08. The molecule has 1 saturated carbocycles. The number of carbonyl (C=O) groups is 1. The second-order valence-electron chi connectivity index (χ2n) is 5.21. The molecule has 0 radical (unpaired) electrons. The van der Waals surface area contributed by atoms with Crippen LogP contribution in [0.3, 0.4) is 0 Å². The zero-order valence-corrected chi connectivity index (χ0v) is 11.1. The summed E-state index contributed by atoms with van der Waals surface area (Å²) in [4.78, 5) is 16.9. The van der Waals surface area contributed by atoms with E-state index in [2.05, 4.69) is 11.1 Å². The van der Waals surface area contributed by atoms with E-state index < -0.39 is 0 Å². The summed E-state index contributed by atoms with van der Waals surface area (Å²) in [5.74, 6) is 0.608. The summed E-state index contributed by atoms with van der Waals surface area (Å²) in [6.07, 6.45) is 3.67. The van der Waals surface area contributed by atoms with Crippen molar-refractivity contribution in [2.45, 2.75) is 32.1 Å². The Bertz CT molecular complexity index is 614. The average Bonchev–Trinajstić information content (AvgIpc) is 2.37. The maximum atomic E-state index is 12.6. The summed E-state index contributed by atoms with van der Waals surface area (Å²) >= 11 is 0. The first kappa shape index (κ1) is 12.1. The number of nitrogens with zero attached hydrogens (tertiary/aromatic N) is 1. The molecule has 1 aliphatic carbocycles. The van der Waals surface area contributed by atoms with Crippen molar-refractivity contribution in [3.63, 3.8) is 0 Å². The molecular weight excluding hydrogens is 234 g/mol. The highest BCUT2D eigenvalue weighted by Crippen LogP contribution is 2.38. The third-order valence-corrected chi connectivity index (χ3v) is 3.87. The maximum absolute atomic E-state index is 12.6. The quantitative estimate of drug-likeness (QED) is 0.775. The van der Waals surface area contributed by atoms with Gasteiger partial charge in [0.05, 0.1) is 0 Å². The van der Waals surface area contributed by atoms with E-state index in [1.165, 1.54) is 24.8 Å². The van der Waals surface area contributed by atoms with Gasteiger partial charge in [-0.15, -0.1) is 0 Å². The first-order chi connectivity index (χ1) is 9.25. The van der Waals surface area contributed by atoms with E-state index in [4.69, 9.17) is 0 Å². The van der Waals surface area contributed by atoms with Gasteiger partial charge in [0, 0.05) is 11.3 Å². The molecular formula is C17H17NO. The summed E-state index contributed by atoms with van der Waals surface area (Å²) in [6, 6.07) is 13.6. The Balaban J connectivity index is 1.99. The lowest BCUT2D eigenvalue weighted by molar-refractivity contribution is 0.103. The van der Waals surface area contributed by atoms with Crippen LogP contribution in [0, 0.1) is 6.92 Å². The number of rotatable bonds is 3. The van der Waals surface area contributed by atoms with Gasteiger partial charge in [-0.1, -0.05) is 36.8 Å². The Morgan fingerprint density at radius 2 is 1.89 bits per heavy atom. The van der Waals surface area contributed by atoms with Gasteiger partial charge in [-0.25, -0.2) is 4.98 Å². The molecule has 0 amide bonds. The first-order valence-corrected chi connectivity index (χ1v) is 6.83. The van der Waals surface area contributed by atoms with Gasteiger partial charge in [-0.2, -0.15) is 0 Å². The molecule has 0 saturated heterocycles. The number of pyridine rings is 1. The molecule has 2 nitrogen and oxygen atoms in total. The van der Waals surface area contributed by atoms with Crippen LogP contribution >= 0.6 is 0 Å². The van der Waals surface area contributed by atoms with E-state index in [0.29, 0.717) is 11.6 Å². The molecule has 0 bridgehead atoms. The van der Waals surface area contributed by atoms with Gasteiger partial charge in [-0.3, -0.25) is 4.79 Å². The topological polar surface area (TPSA) is 30.0 Å². The number of hydrogen-bond acceptors (Lipinski definition) is 2. The molecule has 3 rings (SSSR count). The van der Waals surface area contributed by atoms with Gasteiger partial charge in [0.1, 0.15) is 5.69 Å². The molecule has 0 unspecified atom stereocenters. The molecule has 19 heavy (non-hydrogen) atoms. The van der Waals surface area contributed by atoms with Gasteiger partial charge in [-0.05, 0) is 43.4 Å². The van der Waals surface area contributed by atoms with Crippen LogP contribution in [0.25, 0.3) is 0 Å². The van der Waals surface area contributed by atoms with Crippen molar-refractivity contribution in [2.75, 3.05) is 0 Å². The molecule has 0 spiro atoms. The number of benzene rings is 1. The minimum atomic E-state index is 0.0474. The standard InChI is InChI=1S/C17H17NO/c1-12-6-4-11-16(18-12)17(19)15-10-3-2-9-14(15)13-7-5-8-13/h2-4,6,9-11,13H,5,7-8H2,1H3. The third kappa shape index (κ3) is 2.30. The van der Waals surface area contributed by atoms with E-state index in [1.807, 2.05) is 37.3 Å². The highest BCUT2D eigenvalue weighted by Gasteiger charge is 2.24. The van der Waals surface area contributed by atoms with Crippen molar-refractivity contribution < 1.29 is 4.79 Å². The van der Waals surface area contributed by atoms with Crippen LogP contribution < -0.4 is 0 Å². The number of carbonyl (C=O) groups excluding carboxylic acids is 1. The molecule has 96 valence electrons. The molecule has 2 aromatic rings. The molecule has 1 aromatic carbocycles. The van der Waals surface area contributed by atoms with Crippen LogP contribution in [0.2, 0.25) is 0 Å². The lowest BCUT2D eigenvalue weighted by atomic mass is 9.77. The smallest absolute Gasteiger partial charge is 0.211 e. The normalized spacial score (nSPS) is 15.0. The molecule has 1 fully saturated rings. The highest BCUT2D eigenvalue weighted by atomic mass is 16.1. The van der Waals surface area contributed by atoms with Crippen LogP contribution in [-0.2, 0) is 0 Å². The van der Waals surface area contributed by atoms with Crippen LogP contribution in [0.15, 0.2) is 42.5 Å². The molecule has 0 aliphatic heterocycles. The second kappa shape index (κ2) is 4.96. The molecule has 1 heterocycles. The van der Waals surface area contributed by atoms with E-state index in [1.54, 1.807) is 6.07 Å². The molecule has 2 heteroatoms. The lowest BCUT2D eigenvalue weighted by Crippen LogP contribution is -2.15. The Morgan fingerprint density at radius 3 is 2.58 bits per heavy atom. The third-order valence-electron chi connectivity index (χ3n) is 3.87. The summed E-state index contributed by atoms with van der Waals surface area (Å²) in [5.41, 5.74) is 3.45. The van der Waals surface area contributed by atoms with Crippen LogP contribution in [0.1, 0.15) is 52.5 Å². The Morgan fingerprint density at radius 1 is 1.11 bits per heavy atom. The predicted octanol–water partition coefficient (Wildman–Crippen LogP) is 3.89. The van der Waals surface area contributed by atoms with Crippen LogP contribution in [0.4, 0.5) is 0 Å². The minimum absolute atomic E-state index is 0.0474. The van der Waals surface area contributed by atoms with Gasteiger partial charge in [0.25, 0.3) is 0 Å². The van der Waals surface area contributed by atoms with E-state index in [0.717, 1.165) is 11.3 Å². The van der Waals surface area contributed by atoms with Gasteiger partial charge < -0.3 is 0 Å². The number of aryl methyl sites for hydroxylation is 1. The van der Waals surface area contributed by atoms with Crippen molar-refractivity contribution in [1.29, 1.82) is 0 Å². The van der Waals surface area contributed by atoms with E-state index >= 15 is 0 Å². The summed E-state index contributed by atoms with van der Waals surface area (Å²) in [6.45, 7) is 1.91. The summed E-state index contributed by atoms with van der Waals surface area (Å²) in [7, 11) is 0. The van der Waals surface area contributed by atoms with Crippen molar-refractivity contribution in [2.24, 2.45) is 0 Å². The lowest BCUT2D eigenvalue weighted by Gasteiger charge is -2.27. The summed E-state index contributed by atoms with van der Waals surface area (Å²) in [5, 5.41) is 0. The molecule has 0 atom stereocenters. The fourth-order valence-electron chi connectivity index (χ4n) is 2.59. The van der Waals surface area contributed by atoms with Crippen LogP contribution in [-0.4, -0.2) is 10.8 Å². The predicted molar refractivity (Wildman–Crippen MR) is 75.4 cm³/mol. The van der Waals surface area contributed by atoms with Crippen molar-refractivity contribution in [1.82, 2.24) is 4.98 Å². The Labute approximate surface area is 113 Å². The second-order valence-corrected chi connectivity index (χ2v) is 5.21. The van der Waals surface area contributed by atoms with Crippen molar-refractivity contribution >= 4 is 5.78 Å². The maximum Gasteiger partial charge on any atom is 0.211 e. The molecule has 1 aromatic heterocycles. The summed E-state index contributed by atoms with van der Waals surface area (Å²) < 4.78 is 0. The Hall–Kier alpha value is -1.96. The average molecular weight is 251 g/mol. The van der Waals surface area contributed by atoms with Gasteiger partial charge in [0.2, 0.25) is 5.78 Å². The monoisotopic (exact) mass is 251 g/mol. The van der Waals surface area contributed by atoms with Crippen molar-refractivity contribution in [3.05, 3.63) is 65.0 Å². The number of ketones is 1. The van der Waals surface area contributed by atoms with E-state index in [-0.39, 0.29) is 5.78 Å². The number of hydrogen-bond donors (Lipinski definition) is 0. The van der Waals surface area contributed by atoms with Crippen LogP contribution in [0.5, 0.6) is 0 Å². The molecule has 0 N–H and O–H groups in total. The minimum Gasteiger partial charge on any atom is -0.287 e. The number of aromatic nitrogens is 1. The largest absolute Gasteiger partial charge is 0.287 e. The van der Waals surface area contributed by atoms with Gasteiger partial charge in [0.15, 0.2) is 0 Å². The molecule has 1 aliphatic rings. The van der Waals surface area contributed by atoms with Crippen molar-refractivity contribution in [3.8, 4) is 0 Å². The first-order valence-electron chi connectivity index (χ1n) is 6.83. The fourth-order valence-corrected chi connectivity index (χ4v) is 2.59. The SMILES string of the molecule is Cc1cccc(C(=O)c2ccccc2C2CCC2)n1. The zero-order chi connectivity index (χ0) is 13.2. The van der Waals surface area contributed by atoms with E-state index in [9.17, 15) is 4.79 Å². The van der Waals surface area contributed by atoms with Gasteiger partial charge >= 0.3 is 0 Å². The fraction of sp³-hybridized carbons (Fsp3) is 0.294. The zero-order valence-electron chi connectivity index (χ0n) is 11.1. The Kier molecular flexibility index (Phi) is 3.16.